The summed E-state index contributed by atoms with van der Waals surface area (Å²) in [5.74, 6) is 0.737. The number of nitrogens with zero attached hydrogens (tertiary/aromatic N) is 2. The topological polar surface area (TPSA) is 29.9 Å². The molecule has 1 aromatic carbocycles. The van der Waals surface area contributed by atoms with Crippen LogP contribution in [0.2, 0.25) is 0 Å². The molecule has 1 heterocycles. The molecule has 0 aliphatic heterocycles. The van der Waals surface area contributed by atoms with E-state index in [-0.39, 0.29) is 11.4 Å². The van der Waals surface area contributed by atoms with Crippen molar-refractivity contribution in [1.82, 2.24) is 14.9 Å². The average Bonchev–Trinajstić information content (AvgIpc) is 2.62. The number of fused-ring (bicyclic) bond motifs is 1. The number of hydrogen-bond donors (Lipinski definition) is 1. The first-order valence-corrected chi connectivity index (χ1v) is 6.30. The number of imidazole rings is 1. The molecule has 0 amide bonds. The van der Waals surface area contributed by atoms with Crippen LogP contribution in [0.5, 0.6) is 0 Å². The van der Waals surface area contributed by atoms with Gasteiger partial charge in [0.2, 0.25) is 0 Å². The molecule has 3 nitrogen and oxygen atoms in total. The number of hydrogen-bond acceptors (Lipinski definition) is 2. The molecule has 4 heteroatoms. The fourth-order valence-electron chi connectivity index (χ4n) is 1.98. The zero-order chi connectivity index (χ0) is 13.3. The summed E-state index contributed by atoms with van der Waals surface area (Å²) in [5, 5.41) is 3.41. The van der Waals surface area contributed by atoms with Gasteiger partial charge in [-0.15, -0.1) is 0 Å². The van der Waals surface area contributed by atoms with Crippen LogP contribution in [0.25, 0.3) is 11.0 Å². The molecule has 0 saturated carbocycles. The van der Waals surface area contributed by atoms with Gasteiger partial charge in [0.05, 0.1) is 17.6 Å². The molecule has 0 aliphatic carbocycles. The SMILES string of the molecule is CCn1c(CNC(C)(C)C)nc2ccc(F)cc21. The van der Waals surface area contributed by atoms with Crippen LogP contribution in [0.3, 0.4) is 0 Å². The Labute approximate surface area is 107 Å². The fourth-order valence-corrected chi connectivity index (χ4v) is 1.98. The molecular formula is C14H20FN3. The third-order valence-electron chi connectivity index (χ3n) is 2.88. The van der Waals surface area contributed by atoms with E-state index in [0.717, 1.165) is 23.4 Å². The highest BCUT2D eigenvalue weighted by Gasteiger charge is 2.13. The Hall–Kier alpha value is -1.42. The molecule has 0 fully saturated rings. The highest BCUT2D eigenvalue weighted by atomic mass is 19.1. The first-order valence-electron chi connectivity index (χ1n) is 6.30. The maximum atomic E-state index is 13.3. The summed E-state index contributed by atoms with van der Waals surface area (Å²) in [6.07, 6.45) is 0. The first-order chi connectivity index (χ1) is 8.40. The Morgan fingerprint density at radius 1 is 1.33 bits per heavy atom. The summed E-state index contributed by atoms with van der Waals surface area (Å²) in [7, 11) is 0. The second-order valence-corrected chi connectivity index (χ2v) is 5.51. The van der Waals surface area contributed by atoms with Crippen LogP contribution in [0.4, 0.5) is 4.39 Å². The minimum absolute atomic E-state index is 0.0436. The molecular weight excluding hydrogens is 229 g/mol. The Balaban J connectivity index is 2.38. The van der Waals surface area contributed by atoms with Gasteiger partial charge in [0.1, 0.15) is 11.6 Å². The van der Waals surface area contributed by atoms with E-state index in [0.29, 0.717) is 6.54 Å². The van der Waals surface area contributed by atoms with E-state index in [9.17, 15) is 4.39 Å². The molecule has 0 bridgehead atoms. The van der Waals surface area contributed by atoms with Crippen molar-refractivity contribution in [3.05, 3.63) is 29.8 Å². The van der Waals surface area contributed by atoms with Gasteiger partial charge >= 0.3 is 0 Å². The summed E-state index contributed by atoms with van der Waals surface area (Å²) in [6.45, 7) is 9.88. The van der Waals surface area contributed by atoms with Crippen molar-refractivity contribution in [2.24, 2.45) is 0 Å². The van der Waals surface area contributed by atoms with E-state index in [1.807, 2.05) is 6.92 Å². The predicted octanol–water partition coefficient (Wildman–Crippen LogP) is 3.08. The number of aromatic nitrogens is 2. The Kier molecular flexibility index (Phi) is 3.39. The largest absolute Gasteiger partial charge is 0.327 e. The number of rotatable bonds is 3. The van der Waals surface area contributed by atoms with Crippen LogP contribution < -0.4 is 5.32 Å². The minimum atomic E-state index is -0.215. The van der Waals surface area contributed by atoms with Crippen molar-refractivity contribution >= 4 is 11.0 Å². The van der Waals surface area contributed by atoms with E-state index in [4.69, 9.17) is 0 Å². The smallest absolute Gasteiger partial charge is 0.125 e. The van der Waals surface area contributed by atoms with E-state index >= 15 is 0 Å². The fraction of sp³-hybridized carbons (Fsp3) is 0.500. The number of halogens is 1. The van der Waals surface area contributed by atoms with Gasteiger partial charge in [-0.25, -0.2) is 9.37 Å². The summed E-state index contributed by atoms with van der Waals surface area (Å²) < 4.78 is 15.3. The molecule has 18 heavy (non-hydrogen) atoms. The molecule has 0 unspecified atom stereocenters. The normalized spacial score (nSPS) is 12.3. The van der Waals surface area contributed by atoms with Crippen molar-refractivity contribution in [2.45, 2.75) is 46.3 Å². The van der Waals surface area contributed by atoms with Gasteiger partial charge in [-0.05, 0) is 45.9 Å². The van der Waals surface area contributed by atoms with Gasteiger partial charge in [-0.2, -0.15) is 0 Å². The molecule has 2 aromatic rings. The van der Waals surface area contributed by atoms with E-state index in [2.05, 4.69) is 35.6 Å². The summed E-state index contributed by atoms with van der Waals surface area (Å²) in [4.78, 5) is 4.56. The summed E-state index contributed by atoms with van der Waals surface area (Å²) in [5.41, 5.74) is 1.76. The lowest BCUT2D eigenvalue weighted by Crippen LogP contribution is -2.35. The lowest BCUT2D eigenvalue weighted by Gasteiger charge is -2.20. The van der Waals surface area contributed by atoms with Crippen LogP contribution in [-0.4, -0.2) is 15.1 Å². The Morgan fingerprint density at radius 2 is 2.06 bits per heavy atom. The van der Waals surface area contributed by atoms with E-state index < -0.39 is 0 Å². The molecule has 1 N–H and O–H groups in total. The lowest BCUT2D eigenvalue weighted by molar-refractivity contribution is 0.413. The Morgan fingerprint density at radius 3 is 2.67 bits per heavy atom. The van der Waals surface area contributed by atoms with Crippen molar-refractivity contribution in [2.75, 3.05) is 0 Å². The third kappa shape index (κ3) is 2.70. The molecule has 0 atom stereocenters. The van der Waals surface area contributed by atoms with Crippen molar-refractivity contribution < 1.29 is 4.39 Å². The third-order valence-corrected chi connectivity index (χ3v) is 2.88. The minimum Gasteiger partial charge on any atom is -0.327 e. The second-order valence-electron chi connectivity index (χ2n) is 5.51. The number of aryl methyl sites for hydroxylation is 1. The quantitative estimate of drug-likeness (QED) is 0.906. The molecule has 2 rings (SSSR count). The maximum Gasteiger partial charge on any atom is 0.125 e. The predicted molar refractivity (Wildman–Crippen MR) is 72.0 cm³/mol. The van der Waals surface area contributed by atoms with Gasteiger partial charge in [0, 0.05) is 12.1 Å². The van der Waals surface area contributed by atoms with Crippen molar-refractivity contribution in [3.63, 3.8) is 0 Å². The molecule has 98 valence electrons. The van der Waals surface area contributed by atoms with Gasteiger partial charge in [-0.1, -0.05) is 0 Å². The highest BCUT2D eigenvalue weighted by molar-refractivity contribution is 5.76. The standard InChI is InChI=1S/C14H20FN3/c1-5-18-12-8-10(15)6-7-11(12)17-13(18)9-16-14(2,3)4/h6-8,16H,5,9H2,1-4H3. The first kappa shape index (κ1) is 13.0. The average molecular weight is 249 g/mol. The van der Waals surface area contributed by atoms with Gasteiger partial charge in [-0.3, -0.25) is 0 Å². The van der Waals surface area contributed by atoms with Crippen LogP contribution >= 0.6 is 0 Å². The molecule has 0 radical (unpaired) electrons. The number of nitrogens with one attached hydrogen (secondary N) is 1. The van der Waals surface area contributed by atoms with E-state index in [1.54, 1.807) is 12.1 Å². The molecule has 1 aromatic heterocycles. The van der Waals surface area contributed by atoms with Gasteiger partial charge in [0.15, 0.2) is 0 Å². The monoisotopic (exact) mass is 249 g/mol. The maximum absolute atomic E-state index is 13.3. The number of benzene rings is 1. The van der Waals surface area contributed by atoms with Crippen LogP contribution in [-0.2, 0) is 13.1 Å². The summed E-state index contributed by atoms with van der Waals surface area (Å²) >= 11 is 0. The van der Waals surface area contributed by atoms with Gasteiger partial charge < -0.3 is 9.88 Å². The zero-order valence-electron chi connectivity index (χ0n) is 11.4. The van der Waals surface area contributed by atoms with Crippen LogP contribution in [0.1, 0.15) is 33.5 Å². The van der Waals surface area contributed by atoms with Crippen LogP contribution in [0, 0.1) is 5.82 Å². The molecule has 0 aliphatic rings. The zero-order valence-corrected chi connectivity index (χ0v) is 11.4. The second kappa shape index (κ2) is 4.69. The van der Waals surface area contributed by atoms with Gasteiger partial charge in [0.25, 0.3) is 0 Å². The molecule has 0 spiro atoms. The highest BCUT2D eigenvalue weighted by Crippen LogP contribution is 2.18. The van der Waals surface area contributed by atoms with Crippen molar-refractivity contribution in [1.29, 1.82) is 0 Å². The van der Waals surface area contributed by atoms with Crippen LogP contribution in [0.15, 0.2) is 18.2 Å². The molecule has 0 saturated heterocycles. The summed E-state index contributed by atoms with van der Waals surface area (Å²) in [6, 6.07) is 4.74. The van der Waals surface area contributed by atoms with E-state index in [1.165, 1.54) is 6.07 Å². The Bertz CT molecular complexity index is 552. The van der Waals surface area contributed by atoms with Crippen molar-refractivity contribution in [3.8, 4) is 0 Å². The lowest BCUT2D eigenvalue weighted by atomic mass is 10.1.